The zero-order chi connectivity index (χ0) is 26.6. The molecule has 0 spiro atoms. The number of nitrogens with zero attached hydrogens (tertiary/aromatic N) is 4. The van der Waals surface area contributed by atoms with Gasteiger partial charge in [0.15, 0.2) is 0 Å². The molecule has 0 bridgehead atoms. The van der Waals surface area contributed by atoms with Gasteiger partial charge in [0.2, 0.25) is 0 Å². The fourth-order valence-corrected chi connectivity index (χ4v) is 5.18. The Balaban J connectivity index is 0.00000289. The topological polar surface area (TPSA) is 44.9 Å². The minimum Gasteiger partial charge on any atom is -0.483 e. The molecule has 0 atom stereocenters. The Labute approximate surface area is 247 Å². The smallest absolute Gasteiger partial charge is 0.137 e. The molecule has 7 aromatic rings. The molecule has 7 rings (SSSR count). The van der Waals surface area contributed by atoms with Gasteiger partial charge in [0.05, 0.1) is 22.7 Å². The van der Waals surface area contributed by atoms with E-state index in [1.807, 2.05) is 53.5 Å². The molecule has 0 saturated carbocycles. The van der Waals surface area contributed by atoms with Crippen molar-refractivity contribution in [2.75, 3.05) is 0 Å². The number of pyridine rings is 1. The molecule has 0 aliphatic carbocycles. The maximum Gasteiger partial charge on any atom is 0.137 e. The second-order valence-corrected chi connectivity index (χ2v) is 10.8. The van der Waals surface area contributed by atoms with Crippen molar-refractivity contribution < 1.29 is 25.8 Å². The first-order chi connectivity index (χ1) is 19.0. The average molecular weight is 703 g/mol. The van der Waals surface area contributed by atoms with E-state index in [4.69, 9.17) is 9.72 Å². The van der Waals surface area contributed by atoms with Crippen LogP contribution in [0.15, 0.2) is 109 Å². The van der Waals surface area contributed by atoms with Gasteiger partial charge in [-0.3, -0.25) is 9.25 Å². The number of rotatable bonds is 4. The monoisotopic (exact) mass is 702 g/mol. The van der Waals surface area contributed by atoms with Crippen molar-refractivity contribution in [1.29, 1.82) is 0 Å². The van der Waals surface area contributed by atoms with Gasteiger partial charge in [0, 0.05) is 55.2 Å². The zero-order valence-corrected chi connectivity index (χ0v) is 24.7. The third-order valence-corrected chi connectivity index (χ3v) is 7.17. The van der Waals surface area contributed by atoms with Crippen molar-refractivity contribution in [1.82, 2.24) is 19.3 Å². The van der Waals surface area contributed by atoms with Crippen LogP contribution in [0.3, 0.4) is 0 Å². The summed E-state index contributed by atoms with van der Waals surface area (Å²) in [7, 11) is 0. The third kappa shape index (κ3) is 4.51. The summed E-state index contributed by atoms with van der Waals surface area (Å²) >= 11 is 0. The fraction of sp³-hybridized carbons (Fsp3) is 0.118. The van der Waals surface area contributed by atoms with Crippen molar-refractivity contribution >= 4 is 32.7 Å². The average Bonchev–Trinajstić information content (AvgIpc) is 3.52. The van der Waals surface area contributed by atoms with Crippen LogP contribution in [0.5, 0.6) is 11.5 Å². The molecular weight excluding hydrogens is 675 g/mol. The summed E-state index contributed by atoms with van der Waals surface area (Å²) in [6, 6.07) is 36.4. The molecule has 0 radical (unpaired) electrons. The maximum atomic E-state index is 6.37. The van der Waals surface area contributed by atoms with E-state index >= 15 is 0 Å². The van der Waals surface area contributed by atoms with Crippen molar-refractivity contribution in [3.8, 4) is 23.0 Å². The van der Waals surface area contributed by atoms with E-state index in [9.17, 15) is 0 Å². The van der Waals surface area contributed by atoms with Gasteiger partial charge in [0.1, 0.15) is 11.6 Å². The Bertz CT molecular complexity index is 2000. The molecule has 4 aromatic carbocycles. The number of aromatic nitrogens is 4. The summed E-state index contributed by atoms with van der Waals surface area (Å²) < 4.78 is 10.5. The van der Waals surface area contributed by atoms with Gasteiger partial charge in [-0.15, -0.1) is 18.2 Å². The molecule has 0 fully saturated rings. The molecule has 0 unspecified atom stereocenters. The van der Waals surface area contributed by atoms with E-state index in [2.05, 4.69) is 97.2 Å². The number of hydrogen-bond acceptors (Lipinski definition) is 3. The minimum absolute atomic E-state index is 0. The zero-order valence-electron chi connectivity index (χ0n) is 22.4. The third-order valence-electron chi connectivity index (χ3n) is 7.17. The summed E-state index contributed by atoms with van der Waals surface area (Å²) in [6.45, 7) is 6.67. The Hall–Kier alpha value is -4.21. The standard InChI is InChI=1S/C34H27N4O.Pt/c1-34(2,3)24-17-18-35-33(19-24)37-31-14-7-5-12-28(31)29-16-15-27(21-32(29)37)39-26-11-8-10-25(20-26)38-30-13-6-4-9-23(30)22-36-38;/h4-19,21-22H,1-3H3;/q-1;. The van der Waals surface area contributed by atoms with Gasteiger partial charge in [-0.1, -0.05) is 57.2 Å². The van der Waals surface area contributed by atoms with Crippen molar-refractivity contribution in [2.45, 2.75) is 26.2 Å². The Kier molecular flexibility index (Phi) is 6.56. The van der Waals surface area contributed by atoms with E-state index in [0.29, 0.717) is 5.75 Å². The second kappa shape index (κ2) is 10.1. The van der Waals surface area contributed by atoms with Crippen molar-refractivity contribution in [2.24, 2.45) is 0 Å². The van der Waals surface area contributed by atoms with E-state index < -0.39 is 0 Å². The summed E-state index contributed by atoms with van der Waals surface area (Å²) in [5, 5.41) is 7.99. The number of benzene rings is 4. The van der Waals surface area contributed by atoms with Gasteiger partial charge in [-0.25, -0.2) is 4.98 Å². The van der Waals surface area contributed by atoms with Gasteiger partial charge < -0.3 is 4.74 Å². The van der Waals surface area contributed by atoms with Crippen LogP contribution < -0.4 is 4.74 Å². The van der Waals surface area contributed by atoms with Crippen LogP contribution in [-0.4, -0.2) is 19.3 Å². The largest absolute Gasteiger partial charge is 0.483 e. The van der Waals surface area contributed by atoms with E-state index in [0.717, 1.165) is 44.6 Å². The van der Waals surface area contributed by atoms with Crippen LogP contribution in [0.1, 0.15) is 26.3 Å². The first-order valence-corrected chi connectivity index (χ1v) is 13.1. The quantitative estimate of drug-likeness (QED) is 0.173. The van der Waals surface area contributed by atoms with Crippen LogP contribution >= 0.6 is 0 Å². The van der Waals surface area contributed by atoms with Crippen molar-refractivity contribution in [3.63, 3.8) is 0 Å². The molecule has 0 N–H and O–H groups in total. The first kappa shape index (κ1) is 26.0. The second-order valence-electron chi connectivity index (χ2n) is 10.8. The van der Waals surface area contributed by atoms with Gasteiger partial charge in [-0.2, -0.15) is 11.2 Å². The van der Waals surface area contributed by atoms with Gasteiger partial charge in [0.25, 0.3) is 0 Å². The van der Waals surface area contributed by atoms with Crippen LogP contribution in [0.2, 0.25) is 0 Å². The maximum absolute atomic E-state index is 6.37. The van der Waals surface area contributed by atoms with Crippen LogP contribution in [-0.2, 0) is 26.5 Å². The van der Waals surface area contributed by atoms with Gasteiger partial charge >= 0.3 is 0 Å². The number of hydrogen-bond donors (Lipinski definition) is 0. The van der Waals surface area contributed by atoms with Crippen LogP contribution in [0.4, 0.5) is 0 Å². The molecule has 0 aliphatic rings. The molecule has 0 aliphatic heterocycles. The molecule has 5 nitrogen and oxygen atoms in total. The molecule has 3 heterocycles. The van der Waals surface area contributed by atoms with Crippen LogP contribution in [0.25, 0.3) is 44.2 Å². The molecule has 200 valence electrons. The predicted molar refractivity (Wildman–Crippen MR) is 157 cm³/mol. The summed E-state index contributed by atoms with van der Waals surface area (Å²) in [6.07, 6.45) is 3.77. The normalized spacial score (nSPS) is 11.7. The molecule has 0 saturated heterocycles. The predicted octanol–water partition coefficient (Wildman–Crippen LogP) is 8.41. The Morgan fingerprint density at radius 3 is 2.38 bits per heavy atom. The van der Waals surface area contributed by atoms with E-state index in [-0.39, 0.29) is 26.5 Å². The van der Waals surface area contributed by atoms with E-state index in [1.165, 1.54) is 10.9 Å². The number of ether oxygens (including phenoxy) is 1. The fourth-order valence-electron chi connectivity index (χ4n) is 5.18. The summed E-state index contributed by atoms with van der Waals surface area (Å²) in [4.78, 5) is 4.78. The summed E-state index contributed by atoms with van der Waals surface area (Å²) in [5.74, 6) is 2.25. The molecule has 40 heavy (non-hydrogen) atoms. The molecular formula is C34H27N4OPt-. The molecule has 0 amide bonds. The molecule has 3 aromatic heterocycles. The number of para-hydroxylation sites is 2. The van der Waals surface area contributed by atoms with Crippen LogP contribution in [0, 0.1) is 6.07 Å². The van der Waals surface area contributed by atoms with Gasteiger partial charge in [-0.05, 0) is 53.1 Å². The minimum atomic E-state index is 0. The Morgan fingerprint density at radius 2 is 1.52 bits per heavy atom. The van der Waals surface area contributed by atoms with Crippen molar-refractivity contribution in [3.05, 3.63) is 121 Å². The SMILES string of the molecule is CC(C)(C)c1ccnc(-n2c3ccccc3c3ccc(Oc4[c-]c(-n5ncc6ccccc65)ccc4)cc32)c1.[Pt]. The van der Waals surface area contributed by atoms with E-state index in [1.54, 1.807) is 0 Å². The Morgan fingerprint density at radius 1 is 0.750 bits per heavy atom. The number of fused-ring (bicyclic) bond motifs is 4. The molecule has 6 heteroatoms. The first-order valence-electron chi connectivity index (χ1n) is 13.1. The summed E-state index contributed by atoms with van der Waals surface area (Å²) in [5.41, 5.74) is 5.27.